The van der Waals surface area contributed by atoms with Crippen LogP contribution in [0.5, 0.6) is 5.75 Å². The van der Waals surface area contributed by atoms with E-state index in [1.54, 1.807) is 20.9 Å². The molecule has 7 heteroatoms. The molecule has 1 amide bonds. The van der Waals surface area contributed by atoms with Gasteiger partial charge in [0.1, 0.15) is 5.69 Å². The molecule has 1 aliphatic rings. The third-order valence-electron chi connectivity index (χ3n) is 4.02. The number of nitrogens with zero attached hydrogens (tertiary/aromatic N) is 4. The van der Waals surface area contributed by atoms with Crippen LogP contribution in [0.25, 0.3) is 10.2 Å². The lowest BCUT2D eigenvalue weighted by atomic mass is 10.2. The topological polar surface area (TPSA) is 63.3 Å². The number of carbonyl (C=O) groups excluding carboxylic acids is 1. The van der Waals surface area contributed by atoms with Gasteiger partial charge in [-0.15, -0.1) is 11.3 Å². The van der Waals surface area contributed by atoms with Gasteiger partial charge in [0.2, 0.25) is 0 Å². The van der Waals surface area contributed by atoms with Crippen LogP contribution in [0.15, 0.2) is 23.7 Å². The second-order valence-electron chi connectivity index (χ2n) is 5.19. The van der Waals surface area contributed by atoms with Crippen molar-refractivity contribution in [3.8, 4) is 5.75 Å². The predicted molar refractivity (Wildman–Crippen MR) is 79.4 cm³/mol. The number of carbonyl (C=O) groups is 1. The van der Waals surface area contributed by atoms with Crippen LogP contribution in [0, 0.1) is 0 Å². The number of aromatic nitrogens is 3. The van der Waals surface area contributed by atoms with E-state index in [4.69, 9.17) is 0 Å². The zero-order valence-electron chi connectivity index (χ0n) is 11.5. The molecule has 4 heterocycles. The third-order valence-corrected chi connectivity index (χ3v) is 4.87. The molecule has 0 aromatic carbocycles. The Morgan fingerprint density at radius 2 is 2.29 bits per heavy atom. The molecule has 1 aliphatic heterocycles. The number of rotatable bonds is 1. The van der Waals surface area contributed by atoms with Gasteiger partial charge < -0.3 is 14.6 Å². The molecule has 6 nitrogen and oxygen atoms in total. The number of aromatic hydroxyl groups is 1. The molecular weight excluding hydrogens is 288 g/mol. The van der Waals surface area contributed by atoms with Crippen LogP contribution >= 0.6 is 11.3 Å². The molecular formula is C14H14N4O2S. The Hall–Kier alpha value is -2.28. The number of hydrogen-bond acceptors (Lipinski definition) is 4. The van der Waals surface area contributed by atoms with E-state index in [-0.39, 0.29) is 11.7 Å². The Bertz CT molecular complexity index is 845. The second kappa shape index (κ2) is 4.36. The zero-order valence-corrected chi connectivity index (χ0v) is 12.3. The van der Waals surface area contributed by atoms with Crippen molar-refractivity contribution in [1.82, 2.24) is 19.2 Å². The van der Waals surface area contributed by atoms with Crippen LogP contribution < -0.4 is 0 Å². The Morgan fingerprint density at radius 3 is 3.10 bits per heavy atom. The number of amides is 1. The largest absolute Gasteiger partial charge is 0.504 e. The van der Waals surface area contributed by atoms with Gasteiger partial charge >= 0.3 is 0 Å². The standard InChI is InChI=1S/C14H14N4O2S/c1-16-9-2-5-21-13(9)6-10(16)14(20)17-3-4-18-11(8-17)12(19)7-15-18/h2,5-7,19H,3-4,8H2,1H3. The van der Waals surface area contributed by atoms with Crippen molar-refractivity contribution in [1.29, 1.82) is 0 Å². The monoisotopic (exact) mass is 302 g/mol. The van der Waals surface area contributed by atoms with Crippen LogP contribution in [0.3, 0.4) is 0 Å². The zero-order chi connectivity index (χ0) is 14.6. The summed E-state index contributed by atoms with van der Waals surface area (Å²) in [6.45, 7) is 1.61. The van der Waals surface area contributed by atoms with E-state index in [0.717, 1.165) is 10.2 Å². The molecule has 0 radical (unpaired) electrons. The Morgan fingerprint density at radius 1 is 1.43 bits per heavy atom. The summed E-state index contributed by atoms with van der Waals surface area (Å²) in [5, 5.41) is 15.9. The van der Waals surface area contributed by atoms with Crippen molar-refractivity contribution in [2.45, 2.75) is 13.1 Å². The first-order valence-corrected chi connectivity index (χ1v) is 7.59. The number of aryl methyl sites for hydroxylation is 1. The summed E-state index contributed by atoms with van der Waals surface area (Å²) in [6.07, 6.45) is 1.43. The van der Waals surface area contributed by atoms with Crippen LogP contribution in [-0.4, -0.2) is 36.8 Å². The molecule has 21 heavy (non-hydrogen) atoms. The highest BCUT2D eigenvalue weighted by Gasteiger charge is 2.26. The molecule has 0 bridgehead atoms. The third kappa shape index (κ3) is 1.77. The highest BCUT2D eigenvalue weighted by Crippen LogP contribution is 2.27. The fourth-order valence-corrected chi connectivity index (χ4v) is 3.67. The van der Waals surface area contributed by atoms with Gasteiger partial charge in [0.05, 0.1) is 35.2 Å². The quantitative estimate of drug-likeness (QED) is 0.745. The molecule has 3 aromatic heterocycles. The van der Waals surface area contributed by atoms with E-state index in [0.29, 0.717) is 31.0 Å². The maximum atomic E-state index is 12.7. The van der Waals surface area contributed by atoms with E-state index in [9.17, 15) is 9.90 Å². The number of hydrogen-bond donors (Lipinski definition) is 1. The molecule has 3 aromatic rings. The normalized spacial score (nSPS) is 14.6. The minimum atomic E-state index is -0.00671. The van der Waals surface area contributed by atoms with Gasteiger partial charge in [-0.05, 0) is 17.5 Å². The summed E-state index contributed by atoms with van der Waals surface area (Å²) in [4.78, 5) is 14.5. The van der Waals surface area contributed by atoms with Crippen molar-refractivity contribution >= 4 is 27.5 Å². The SMILES string of the molecule is Cn1c(C(=O)N2CCn3ncc(O)c3C2)cc2sccc21. The van der Waals surface area contributed by atoms with Crippen LogP contribution in [0.1, 0.15) is 16.2 Å². The highest BCUT2D eigenvalue weighted by molar-refractivity contribution is 7.17. The molecule has 0 atom stereocenters. The van der Waals surface area contributed by atoms with Crippen molar-refractivity contribution in [2.24, 2.45) is 7.05 Å². The van der Waals surface area contributed by atoms with E-state index >= 15 is 0 Å². The Labute approximate surface area is 124 Å². The summed E-state index contributed by atoms with van der Waals surface area (Å²) in [5.74, 6) is 0.146. The molecule has 0 fully saturated rings. The molecule has 1 N–H and O–H groups in total. The van der Waals surface area contributed by atoms with E-state index in [2.05, 4.69) is 5.10 Å². The second-order valence-corrected chi connectivity index (χ2v) is 6.13. The molecule has 108 valence electrons. The van der Waals surface area contributed by atoms with Crippen LogP contribution in [-0.2, 0) is 20.1 Å². The fourth-order valence-electron chi connectivity index (χ4n) is 2.82. The van der Waals surface area contributed by atoms with Crippen LogP contribution in [0.2, 0.25) is 0 Å². The molecule has 0 unspecified atom stereocenters. The van der Waals surface area contributed by atoms with Gasteiger partial charge in [-0.2, -0.15) is 5.10 Å². The van der Waals surface area contributed by atoms with Gasteiger partial charge in [0.15, 0.2) is 5.75 Å². The fraction of sp³-hybridized carbons (Fsp3) is 0.286. The lowest BCUT2D eigenvalue weighted by Gasteiger charge is -2.27. The minimum absolute atomic E-state index is 0.00671. The smallest absolute Gasteiger partial charge is 0.270 e. The summed E-state index contributed by atoms with van der Waals surface area (Å²) in [7, 11) is 1.91. The van der Waals surface area contributed by atoms with Gasteiger partial charge in [0, 0.05) is 13.6 Å². The lowest BCUT2D eigenvalue weighted by Crippen LogP contribution is -2.39. The van der Waals surface area contributed by atoms with Gasteiger partial charge in [-0.3, -0.25) is 9.48 Å². The first-order valence-electron chi connectivity index (χ1n) is 6.71. The van der Waals surface area contributed by atoms with E-state index in [1.165, 1.54) is 6.20 Å². The Kier molecular flexibility index (Phi) is 2.58. The first kappa shape index (κ1) is 12.5. The average molecular weight is 302 g/mol. The highest BCUT2D eigenvalue weighted by atomic mass is 32.1. The van der Waals surface area contributed by atoms with E-state index < -0.39 is 0 Å². The summed E-state index contributed by atoms with van der Waals surface area (Å²) in [5.41, 5.74) is 2.46. The maximum Gasteiger partial charge on any atom is 0.270 e. The van der Waals surface area contributed by atoms with Gasteiger partial charge in [-0.1, -0.05) is 0 Å². The lowest BCUT2D eigenvalue weighted by molar-refractivity contribution is 0.0695. The van der Waals surface area contributed by atoms with Crippen molar-refractivity contribution < 1.29 is 9.90 Å². The van der Waals surface area contributed by atoms with Crippen molar-refractivity contribution in [3.05, 3.63) is 35.1 Å². The summed E-state index contributed by atoms with van der Waals surface area (Å²) >= 11 is 1.63. The summed E-state index contributed by atoms with van der Waals surface area (Å²) in [6, 6.07) is 3.96. The molecule has 0 saturated heterocycles. The van der Waals surface area contributed by atoms with Gasteiger partial charge in [0.25, 0.3) is 5.91 Å². The summed E-state index contributed by atoms with van der Waals surface area (Å²) < 4.78 is 4.80. The molecule has 0 saturated carbocycles. The number of thiophene rings is 1. The van der Waals surface area contributed by atoms with E-state index in [1.807, 2.05) is 29.1 Å². The van der Waals surface area contributed by atoms with Crippen molar-refractivity contribution in [3.63, 3.8) is 0 Å². The number of fused-ring (bicyclic) bond motifs is 2. The molecule has 0 aliphatic carbocycles. The minimum Gasteiger partial charge on any atom is -0.504 e. The maximum absolute atomic E-state index is 12.7. The van der Waals surface area contributed by atoms with Gasteiger partial charge in [-0.25, -0.2) is 0 Å². The molecule has 0 spiro atoms. The Balaban J connectivity index is 1.68. The van der Waals surface area contributed by atoms with Crippen LogP contribution in [0.4, 0.5) is 0 Å². The van der Waals surface area contributed by atoms with Crippen molar-refractivity contribution in [2.75, 3.05) is 6.54 Å². The molecule has 4 rings (SSSR count). The average Bonchev–Trinajstić information content (AvgIpc) is 3.16. The predicted octanol–water partition coefficient (Wildman–Crippen LogP) is 1.80. The first-order chi connectivity index (χ1) is 10.1.